The van der Waals surface area contributed by atoms with Crippen molar-refractivity contribution in [3.8, 4) is 0 Å². The fraction of sp³-hybridized carbons (Fsp3) is 0.625. The molecular weight excluding hydrogens is 272 g/mol. The van der Waals surface area contributed by atoms with E-state index in [1.807, 2.05) is 0 Å². The van der Waals surface area contributed by atoms with Crippen molar-refractivity contribution in [2.75, 3.05) is 0 Å². The lowest BCUT2D eigenvalue weighted by atomic mass is 9.85. The van der Waals surface area contributed by atoms with Crippen LogP contribution in [0.5, 0.6) is 0 Å². The summed E-state index contributed by atoms with van der Waals surface area (Å²) >= 11 is 0. The first kappa shape index (κ1) is 15.5. The van der Waals surface area contributed by atoms with Crippen molar-refractivity contribution in [3.05, 3.63) is 30.3 Å². The molecule has 0 amide bonds. The summed E-state index contributed by atoms with van der Waals surface area (Å²) in [6.07, 6.45) is 5.55. The molecule has 2 atom stereocenters. The van der Waals surface area contributed by atoms with Gasteiger partial charge >= 0.3 is 0 Å². The summed E-state index contributed by atoms with van der Waals surface area (Å²) in [6.45, 7) is 1.59. The Labute approximate surface area is 121 Å². The molecule has 0 saturated heterocycles. The first-order valence-corrected chi connectivity index (χ1v) is 9.03. The highest BCUT2D eigenvalue weighted by Crippen LogP contribution is 2.32. The van der Waals surface area contributed by atoms with E-state index in [9.17, 15) is 13.5 Å². The zero-order chi connectivity index (χ0) is 14.6. The highest BCUT2D eigenvalue weighted by atomic mass is 32.2. The second-order valence-electron chi connectivity index (χ2n) is 5.88. The predicted molar refractivity (Wildman–Crippen MR) is 80.3 cm³/mol. The molecule has 0 aliphatic heterocycles. The summed E-state index contributed by atoms with van der Waals surface area (Å²) in [5.41, 5.74) is 0. The molecule has 0 radical (unpaired) electrons. The van der Waals surface area contributed by atoms with Gasteiger partial charge in [0.15, 0.2) is 9.84 Å². The molecule has 20 heavy (non-hydrogen) atoms. The summed E-state index contributed by atoms with van der Waals surface area (Å²) in [5, 5.41) is 9.27. The Morgan fingerprint density at radius 2 is 1.75 bits per heavy atom. The number of hydrogen-bond acceptors (Lipinski definition) is 3. The highest BCUT2D eigenvalue weighted by Gasteiger charge is 2.33. The summed E-state index contributed by atoms with van der Waals surface area (Å²) in [4.78, 5) is 0.321. The van der Waals surface area contributed by atoms with Crippen LogP contribution in [0.15, 0.2) is 35.2 Å². The van der Waals surface area contributed by atoms with Crippen LogP contribution < -0.4 is 0 Å². The summed E-state index contributed by atoms with van der Waals surface area (Å²) in [6, 6.07) is 8.49. The minimum Gasteiger partial charge on any atom is -0.392 e. The van der Waals surface area contributed by atoms with Crippen LogP contribution in [0.2, 0.25) is 0 Å². The molecular formula is C16H24O3S. The fourth-order valence-electron chi connectivity index (χ4n) is 3.12. The quantitative estimate of drug-likeness (QED) is 0.908. The van der Waals surface area contributed by atoms with Crippen LogP contribution in [0.4, 0.5) is 0 Å². The van der Waals surface area contributed by atoms with Crippen LogP contribution in [0.3, 0.4) is 0 Å². The lowest BCUT2D eigenvalue weighted by Crippen LogP contribution is -2.34. The van der Waals surface area contributed by atoms with E-state index >= 15 is 0 Å². The van der Waals surface area contributed by atoms with Crippen molar-refractivity contribution in [2.45, 2.75) is 61.7 Å². The molecule has 1 aromatic carbocycles. The zero-order valence-corrected chi connectivity index (χ0v) is 12.8. The highest BCUT2D eigenvalue weighted by molar-refractivity contribution is 7.92. The molecule has 0 aromatic heterocycles. The van der Waals surface area contributed by atoms with E-state index in [1.54, 1.807) is 37.3 Å². The molecule has 0 unspecified atom stereocenters. The number of hydrogen-bond donors (Lipinski definition) is 1. The SMILES string of the molecule is C[C@@H](O)[C@H](CC1CCCCC1)S(=O)(=O)c1ccccc1. The zero-order valence-electron chi connectivity index (χ0n) is 12.0. The van der Waals surface area contributed by atoms with Crippen LogP contribution >= 0.6 is 0 Å². The van der Waals surface area contributed by atoms with Crippen molar-refractivity contribution in [3.63, 3.8) is 0 Å². The van der Waals surface area contributed by atoms with Gasteiger partial charge in [0.05, 0.1) is 16.2 Å². The van der Waals surface area contributed by atoms with E-state index < -0.39 is 21.2 Å². The maximum absolute atomic E-state index is 12.7. The third-order valence-electron chi connectivity index (χ3n) is 4.30. The normalized spacial score (nSPS) is 20.5. The first-order valence-electron chi connectivity index (χ1n) is 7.49. The smallest absolute Gasteiger partial charge is 0.183 e. The standard InChI is InChI=1S/C16H24O3S/c1-13(17)16(12-14-8-4-2-5-9-14)20(18,19)15-10-6-3-7-11-15/h3,6-7,10-11,13-14,16-17H,2,4-5,8-9,12H2,1H3/t13-,16+/m1/s1. The van der Waals surface area contributed by atoms with Crippen LogP contribution in [0.25, 0.3) is 0 Å². The minimum atomic E-state index is -3.45. The molecule has 0 spiro atoms. The van der Waals surface area contributed by atoms with Gasteiger partial charge in [0.25, 0.3) is 0 Å². The second-order valence-corrected chi connectivity index (χ2v) is 8.04. The van der Waals surface area contributed by atoms with Crippen molar-refractivity contribution >= 4 is 9.84 Å². The summed E-state index contributed by atoms with van der Waals surface area (Å²) in [7, 11) is -3.45. The average molecular weight is 296 g/mol. The molecule has 0 bridgehead atoms. The molecule has 112 valence electrons. The molecule has 0 heterocycles. The summed E-state index contributed by atoms with van der Waals surface area (Å²) < 4.78 is 25.4. The van der Waals surface area contributed by atoms with Gasteiger partial charge in [-0.1, -0.05) is 50.3 Å². The largest absolute Gasteiger partial charge is 0.392 e. The van der Waals surface area contributed by atoms with Gasteiger partial charge in [-0.3, -0.25) is 0 Å². The lowest BCUT2D eigenvalue weighted by molar-refractivity contribution is 0.170. The Balaban J connectivity index is 2.19. The van der Waals surface area contributed by atoms with Crippen molar-refractivity contribution in [1.82, 2.24) is 0 Å². The lowest BCUT2D eigenvalue weighted by Gasteiger charge is -2.28. The number of aliphatic hydroxyl groups excluding tert-OH is 1. The molecule has 4 heteroatoms. The second kappa shape index (κ2) is 6.72. The van der Waals surface area contributed by atoms with Crippen molar-refractivity contribution in [1.29, 1.82) is 0 Å². The third-order valence-corrected chi connectivity index (χ3v) is 6.61. The van der Waals surface area contributed by atoms with E-state index in [0.717, 1.165) is 12.8 Å². The van der Waals surface area contributed by atoms with Gasteiger partial charge in [-0.2, -0.15) is 0 Å². The molecule has 2 rings (SSSR count). The molecule has 1 aromatic rings. The molecule has 1 N–H and O–H groups in total. The average Bonchev–Trinajstić information content (AvgIpc) is 2.46. The minimum absolute atomic E-state index is 0.321. The number of benzene rings is 1. The molecule has 3 nitrogen and oxygen atoms in total. The molecule has 1 fully saturated rings. The maximum atomic E-state index is 12.7. The maximum Gasteiger partial charge on any atom is 0.183 e. The topological polar surface area (TPSA) is 54.4 Å². The molecule has 1 aliphatic rings. The van der Waals surface area contributed by atoms with Gasteiger partial charge in [0.1, 0.15) is 0 Å². The third kappa shape index (κ3) is 3.61. The Bertz CT molecular complexity index is 502. The van der Waals surface area contributed by atoms with Crippen molar-refractivity contribution in [2.24, 2.45) is 5.92 Å². The Morgan fingerprint density at radius 1 is 1.15 bits per heavy atom. The fourth-order valence-corrected chi connectivity index (χ4v) is 5.05. The van der Waals surface area contributed by atoms with E-state index in [-0.39, 0.29) is 0 Å². The number of rotatable bonds is 5. The van der Waals surface area contributed by atoms with Gasteiger partial charge in [-0.15, -0.1) is 0 Å². The van der Waals surface area contributed by atoms with Gasteiger partial charge in [-0.25, -0.2) is 8.42 Å². The number of sulfone groups is 1. The van der Waals surface area contributed by atoms with E-state index in [0.29, 0.717) is 17.2 Å². The van der Waals surface area contributed by atoms with E-state index in [2.05, 4.69) is 0 Å². The molecule has 1 aliphatic carbocycles. The first-order chi connectivity index (χ1) is 9.51. The van der Waals surface area contributed by atoms with Crippen LogP contribution in [-0.2, 0) is 9.84 Å². The van der Waals surface area contributed by atoms with Crippen LogP contribution in [-0.4, -0.2) is 24.9 Å². The Hall–Kier alpha value is -0.870. The Morgan fingerprint density at radius 3 is 2.30 bits per heavy atom. The van der Waals surface area contributed by atoms with Crippen LogP contribution in [0.1, 0.15) is 45.4 Å². The van der Waals surface area contributed by atoms with Crippen molar-refractivity contribution < 1.29 is 13.5 Å². The van der Waals surface area contributed by atoms with Gasteiger partial charge in [0.2, 0.25) is 0 Å². The van der Waals surface area contributed by atoms with Gasteiger partial charge in [0, 0.05) is 0 Å². The summed E-state index contributed by atoms with van der Waals surface area (Å²) in [5.74, 6) is 0.432. The van der Waals surface area contributed by atoms with Gasteiger partial charge in [-0.05, 0) is 31.4 Å². The Kier molecular flexibility index (Phi) is 5.22. The monoisotopic (exact) mass is 296 g/mol. The molecule has 1 saturated carbocycles. The number of aliphatic hydroxyl groups is 1. The van der Waals surface area contributed by atoms with Crippen LogP contribution in [0, 0.1) is 5.92 Å². The van der Waals surface area contributed by atoms with Gasteiger partial charge < -0.3 is 5.11 Å². The van der Waals surface area contributed by atoms with E-state index in [4.69, 9.17) is 0 Å². The van der Waals surface area contributed by atoms with E-state index in [1.165, 1.54) is 19.3 Å². The predicted octanol–water partition coefficient (Wildman–Crippen LogP) is 3.18.